The normalized spacial score (nSPS) is 44.8. The molecule has 0 heterocycles. The Hall–Kier alpha value is -2.17. The molecule has 0 aromatic carbocycles. The fourth-order valence-electron chi connectivity index (χ4n) is 11.1. The lowest BCUT2D eigenvalue weighted by Gasteiger charge is -2.72. The van der Waals surface area contributed by atoms with Crippen molar-refractivity contribution >= 4 is 17.5 Å². The van der Waals surface area contributed by atoms with Crippen LogP contribution in [-0.4, -0.2) is 30.2 Å². The Morgan fingerprint density at radius 1 is 0.976 bits per heavy atom. The third-order valence-electron chi connectivity index (χ3n) is 13.5. The van der Waals surface area contributed by atoms with Crippen LogP contribution in [0.3, 0.4) is 0 Å². The van der Waals surface area contributed by atoms with Gasteiger partial charge in [-0.15, -0.1) is 0 Å². The van der Waals surface area contributed by atoms with E-state index in [1.54, 1.807) is 0 Å². The number of fused-ring (bicyclic) bond motifs is 7. The number of carbonyl (C=O) groups is 3. The smallest absolute Gasteiger partial charge is 0.348 e. The highest BCUT2D eigenvalue weighted by atomic mass is 19.4. The number of hydrogen-bond donors (Lipinski definition) is 1. The first kappa shape index (κ1) is 30.3. The van der Waals surface area contributed by atoms with Gasteiger partial charge in [-0.05, 0) is 89.8 Å². The van der Waals surface area contributed by atoms with Gasteiger partial charge >= 0.3 is 12.1 Å². The first-order valence-electron chi connectivity index (χ1n) is 15.2. The molecule has 1 N–H and O–H groups in total. The van der Waals surface area contributed by atoms with Crippen LogP contribution in [-0.2, 0) is 14.4 Å². The minimum atomic E-state index is -4.94. The number of ketones is 2. The highest BCUT2D eigenvalue weighted by Gasteiger charge is 2.72. The first-order valence-corrected chi connectivity index (χ1v) is 15.2. The van der Waals surface area contributed by atoms with Crippen LogP contribution in [0.5, 0.6) is 0 Å². The second-order valence-corrected chi connectivity index (χ2v) is 16.2. The highest BCUT2D eigenvalue weighted by Crippen LogP contribution is 2.75. The monoisotopic (exact) mass is 574 g/mol. The minimum absolute atomic E-state index is 0.0134. The second kappa shape index (κ2) is 8.92. The van der Waals surface area contributed by atoms with Crippen molar-refractivity contribution < 1.29 is 27.6 Å². The Labute approximate surface area is 242 Å². The molecule has 0 radical (unpaired) electrons. The molecule has 1 amide bonds. The van der Waals surface area contributed by atoms with Crippen LogP contribution >= 0.6 is 0 Å². The van der Waals surface area contributed by atoms with Crippen LogP contribution in [0.1, 0.15) is 99.8 Å². The van der Waals surface area contributed by atoms with E-state index in [9.17, 15) is 32.8 Å². The molecule has 8 heteroatoms. The van der Waals surface area contributed by atoms with Gasteiger partial charge in [0.05, 0.1) is 5.57 Å². The summed E-state index contributed by atoms with van der Waals surface area (Å²) in [6.45, 7) is 14.9. The third kappa shape index (κ3) is 4.10. The molecule has 5 rings (SSSR count). The molecule has 5 aliphatic carbocycles. The van der Waals surface area contributed by atoms with E-state index in [4.69, 9.17) is 0 Å². The van der Waals surface area contributed by atoms with Crippen molar-refractivity contribution in [3.05, 3.63) is 11.6 Å². The summed E-state index contributed by atoms with van der Waals surface area (Å²) in [7, 11) is 0. The fraction of sp³-hybridized carbons (Fsp3) is 0.818. The molecule has 4 saturated carbocycles. The van der Waals surface area contributed by atoms with E-state index >= 15 is 0 Å². The van der Waals surface area contributed by atoms with E-state index in [1.165, 1.54) is 0 Å². The number of nitriles is 1. The van der Waals surface area contributed by atoms with Crippen LogP contribution in [0.2, 0.25) is 0 Å². The van der Waals surface area contributed by atoms with E-state index in [-0.39, 0.29) is 63.6 Å². The topological polar surface area (TPSA) is 87.0 Å². The third-order valence-corrected chi connectivity index (χ3v) is 13.5. The standard InChI is InChI=1S/C33H45F3N2O3/c1-27(2)10-12-32(18-38-26(41)33(34,35)36)13-11-31(7)24(20(32)16-27)21(39)14-23-29(5)15-19(17-37)25(40)28(3,4)22(29)8-9-30(23,31)6/h15,20,22-24H,8-14,16,18H2,1-7H3,(H,38,41)/t20?,22?,23?,24?,29?,30-,31-,32-/m1/s1. The maximum absolute atomic E-state index is 14.5. The van der Waals surface area contributed by atoms with Crippen molar-refractivity contribution in [1.29, 1.82) is 5.26 Å². The zero-order chi connectivity index (χ0) is 30.6. The Morgan fingerprint density at radius 3 is 2.22 bits per heavy atom. The van der Waals surface area contributed by atoms with Gasteiger partial charge in [0.25, 0.3) is 0 Å². The Balaban J connectivity index is 1.57. The second-order valence-electron chi connectivity index (χ2n) is 16.2. The number of nitrogens with one attached hydrogen (secondary N) is 1. The molecule has 0 aromatic heterocycles. The number of nitrogens with zero attached hydrogens (tertiary/aromatic N) is 1. The number of rotatable bonds is 2. The summed E-state index contributed by atoms with van der Waals surface area (Å²) < 4.78 is 39.5. The van der Waals surface area contributed by atoms with Gasteiger partial charge in [0.2, 0.25) is 0 Å². The van der Waals surface area contributed by atoms with Crippen molar-refractivity contribution in [2.75, 3.05) is 6.54 Å². The van der Waals surface area contributed by atoms with E-state index in [1.807, 2.05) is 19.9 Å². The Kier molecular flexibility index (Phi) is 6.59. The Morgan fingerprint density at radius 2 is 1.61 bits per heavy atom. The van der Waals surface area contributed by atoms with E-state index in [2.05, 4.69) is 46.0 Å². The number of halogens is 3. The SMILES string of the molecule is CC1(C)CC[C@]2(CNC(=O)C(F)(F)F)CC[C@]3(C)C(C(=O)CC4C5(C)C=C(C#N)C(=O)C(C)(C)C5CC[C@]43C)C2C1. The van der Waals surface area contributed by atoms with Crippen molar-refractivity contribution in [3.8, 4) is 6.07 Å². The molecule has 5 unspecified atom stereocenters. The van der Waals surface area contributed by atoms with Crippen molar-refractivity contribution in [2.45, 2.75) is 106 Å². The molecule has 5 nitrogen and oxygen atoms in total. The molecule has 0 bridgehead atoms. The molecular formula is C33H45F3N2O3. The molecule has 41 heavy (non-hydrogen) atoms. The fourth-order valence-corrected chi connectivity index (χ4v) is 11.1. The lowest BCUT2D eigenvalue weighted by atomic mass is 9.31. The molecule has 0 spiro atoms. The number of Topliss-reactive ketones (excluding diaryl/α,β-unsaturated/α-hetero) is 2. The van der Waals surface area contributed by atoms with E-state index < -0.39 is 28.3 Å². The first-order chi connectivity index (χ1) is 18.7. The zero-order valence-electron chi connectivity index (χ0n) is 25.6. The molecule has 4 fully saturated rings. The van der Waals surface area contributed by atoms with E-state index in [0.717, 1.165) is 25.7 Å². The van der Waals surface area contributed by atoms with Crippen LogP contribution < -0.4 is 5.32 Å². The summed E-state index contributed by atoms with van der Waals surface area (Å²) >= 11 is 0. The summed E-state index contributed by atoms with van der Waals surface area (Å²) in [6, 6.07) is 2.15. The van der Waals surface area contributed by atoms with Gasteiger partial charge in [0.15, 0.2) is 5.78 Å². The quantitative estimate of drug-likeness (QED) is 0.386. The summed E-state index contributed by atoms with van der Waals surface area (Å²) in [6.07, 6.45) is 2.59. The van der Waals surface area contributed by atoms with Crippen molar-refractivity contribution in [2.24, 2.45) is 56.2 Å². The van der Waals surface area contributed by atoms with Gasteiger partial charge in [-0.25, -0.2) is 0 Å². The molecular weight excluding hydrogens is 529 g/mol. The molecule has 5 aliphatic rings. The number of carbonyl (C=O) groups excluding carboxylic acids is 3. The predicted octanol–water partition coefficient (Wildman–Crippen LogP) is 6.96. The van der Waals surface area contributed by atoms with Crippen LogP contribution in [0.15, 0.2) is 11.6 Å². The molecule has 226 valence electrons. The van der Waals surface area contributed by atoms with Gasteiger partial charge in [0, 0.05) is 24.3 Å². The Bertz CT molecular complexity index is 1260. The molecule has 0 aliphatic heterocycles. The summed E-state index contributed by atoms with van der Waals surface area (Å²) in [4.78, 5) is 39.6. The van der Waals surface area contributed by atoms with Crippen molar-refractivity contribution in [3.63, 3.8) is 0 Å². The highest BCUT2D eigenvalue weighted by molar-refractivity contribution is 6.04. The van der Waals surface area contributed by atoms with Crippen LogP contribution in [0.25, 0.3) is 0 Å². The zero-order valence-corrected chi connectivity index (χ0v) is 25.6. The van der Waals surface area contributed by atoms with Gasteiger partial charge in [0.1, 0.15) is 11.9 Å². The van der Waals surface area contributed by atoms with Crippen LogP contribution in [0.4, 0.5) is 13.2 Å². The van der Waals surface area contributed by atoms with E-state index in [0.29, 0.717) is 25.7 Å². The lowest BCUT2D eigenvalue weighted by Crippen LogP contribution is -2.69. The number of alkyl halides is 3. The molecule has 8 atom stereocenters. The molecule has 0 aromatic rings. The average molecular weight is 575 g/mol. The molecule has 0 saturated heterocycles. The number of hydrogen-bond acceptors (Lipinski definition) is 4. The average Bonchev–Trinajstić information content (AvgIpc) is 2.86. The lowest BCUT2D eigenvalue weighted by molar-refractivity contribution is -0.222. The largest absolute Gasteiger partial charge is 0.471 e. The van der Waals surface area contributed by atoms with Gasteiger partial charge in [-0.2, -0.15) is 18.4 Å². The van der Waals surface area contributed by atoms with Gasteiger partial charge in [-0.1, -0.05) is 54.5 Å². The van der Waals surface area contributed by atoms with Gasteiger partial charge in [-0.3, -0.25) is 14.4 Å². The van der Waals surface area contributed by atoms with Crippen LogP contribution in [0, 0.1) is 67.5 Å². The minimum Gasteiger partial charge on any atom is -0.348 e. The predicted molar refractivity (Wildman–Crippen MR) is 148 cm³/mol. The number of amides is 1. The summed E-state index contributed by atoms with van der Waals surface area (Å²) in [5.41, 5.74) is -2.26. The van der Waals surface area contributed by atoms with Crippen molar-refractivity contribution in [1.82, 2.24) is 5.32 Å². The maximum Gasteiger partial charge on any atom is 0.471 e. The number of allylic oxidation sites excluding steroid dienone is 2. The maximum atomic E-state index is 14.5. The summed E-state index contributed by atoms with van der Waals surface area (Å²) in [5, 5.41) is 12.1. The van der Waals surface area contributed by atoms with Gasteiger partial charge < -0.3 is 5.32 Å². The summed E-state index contributed by atoms with van der Waals surface area (Å²) in [5.74, 6) is -2.34.